The Labute approximate surface area is 142 Å². The molecule has 0 atom stereocenters. The van der Waals surface area contributed by atoms with Crippen LogP contribution in [0.25, 0.3) is 11.3 Å². The van der Waals surface area contributed by atoms with Gasteiger partial charge in [0.25, 0.3) is 0 Å². The third-order valence-electron chi connectivity index (χ3n) is 5.12. The van der Waals surface area contributed by atoms with E-state index in [0.29, 0.717) is 6.04 Å². The topological polar surface area (TPSA) is 33.1 Å². The fraction of sp³-hybridized carbons (Fsp3) is 0.500. The molecule has 0 bridgehead atoms. The lowest BCUT2D eigenvalue weighted by Gasteiger charge is -2.30. The number of halogens is 1. The number of hydrogen-bond acceptors (Lipinski definition) is 3. The Kier molecular flexibility index (Phi) is 4.14. The third-order valence-corrected chi connectivity index (χ3v) is 5.45. The molecule has 0 aliphatic carbocycles. The summed E-state index contributed by atoms with van der Waals surface area (Å²) in [5, 5.41) is 9.32. The van der Waals surface area contributed by atoms with Crippen molar-refractivity contribution in [2.75, 3.05) is 26.7 Å². The van der Waals surface area contributed by atoms with Crippen molar-refractivity contribution >= 4 is 11.6 Å². The molecule has 5 heteroatoms. The van der Waals surface area contributed by atoms with Gasteiger partial charge < -0.3 is 10.2 Å². The monoisotopic (exact) mass is 330 g/mol. The first kappa shape index (κ1) is 15.2. The minimum absolute atomic E-state index is 0.522. The normalized spacial score (nSPS) is 19.7. The number of benzene rings is 1. The Morgan fingerprint density at radius 2 is 2.00 bits per heavy atom. The molecule has 2 aliphatic heterocycles. The van der Waals surface area contributed by atoms with Crippen molar-refractivity contribution in [1.29, 1.82) is 0 Å². The predicted molar refractivity (Wildman–Crippen MR) is 93.9 cm³/mol. The van der Waals surface area contributed by atoms with Crippen LogP contribution in [-0.4, -0.2) is 41.4 Å². The molecular weight excluding hydrogens is 308 g/mol. The zero-order chi connectivity index (χ0) is 15.8. The van der Waals surface area contributed by atoms with Gasteiger partial charge in [-0.1, -0.05) is 29.8 Å². The molecule has 23 heavy (non-hydrogen) atoms. The number of aromatic nitrogens is 2. The highest BCUT2D eigenvalue weighted by Gasteiger charge is 2.27. The maximum atomic E-state index is 6.44. The maximum Gasteiger partial charge on any atom is 0.0986 e. The zero-order valence-electron chi connectivity index (χ0n) is 13.6. The first-order chi connectivity index (χ1) is 11.2. The number of rotatable bonds is 2. The van der Waals surface area contributed by atoms with E-state index >= 15 is 0 Å². The predicted octanol–water partition coefficient (Wildman–Crippen LogP) is 3.12. The van der Waals surface area contributed by atoms with Crippen LogP contribution in [0.3, 0.4) is 0 Å². The van der Waals surface area contributed by atoms with Crippen LogP contribution in [-0.2, 0) is 13.0 Å². The van der Waals surface area contributed by atoms with Crippen LogP contribution < -0.4 is 5.32 Å². The van der Waals surface area contributed by atoms with E-state index in [9.17, 15) is 0 Å². The molecule has 1 aromatic carbocycles. The van der Waals surface area contributed by atoms with Crippen molar-refractivity contribution in [3.63, 3.8) is 0 Å². The molecule has 122 valence electrons. The summed E-state index contributed by atoms with van der Waals surface area (Å²) in [6.07, 6.45) is 3.42. The van der Waals surface area contributed by atoms with Gasteiger partial charge in [-0.2, -0.15) is 5.10 Å². The van der Waals surface area contributed by atoms with Crippen LogP contribution >= 0.6 is 11.6 Å². The highest BCUT2D eigenvalue weighted by atomic mass is 35.5. The van der Waals surface area contributed by atoms with E-state index in [-0.39, 0.29) is 0 Å². The highest BCUT2D eigenvalue weighted by Crippen LogP contribution is 2.35. The van der Waals surface area contributed by atoms with E-state index in [0.717, 1.165) is 48.9 Å². The lowest BCUT2D eigenvalue weighted by molar-refractivity contribution is 0.209. The molecule has 1 fully saturated rings. The number of nitrogens with zero attached hydrogens (tertiary/aromatic N) is 3. The fourth-order valence-electron chi connectivity index (χ4n) is 3.79. The van der Waals surface area contributed by atoms with E-state index in [1.54, 1.807) is 0 Å². The molecule has 2 aliphatic rings. The van der Waals surface area contributed by atoms with Gasteiger partial charge in [-0.3, -0.25) is 4.68 Å². The molecule has 1 N–H and O–H groups in total. The SMILES string of the molecule is CN1CCC(n2nc(-c3ccccc3Cl)c3c2CCNC3)CC1. The van der Waals surface area contributed by atoms with E-state index in [1.165, 1.54) is 24.1 Å². The molecule has 0 spiro atoms. The standard InChI is InChI=1S/C18H23ClN4/c1-22-10-7-13(8-11-22)23-17-6-9-20-12-15(17)18(21-23)14-4-2-3-5-16(14)19/h2-5,13,20H,6-12H2,1H3. The van der Waals surface area contributed by atoms with Crippen LogP contribution in [0.1, 0.15) is 30.1 Å². The number of piperidine rings is 1. The molecule has 0 amide bonds. The van der Waals surface area contributed by atoms with Crippen LogP contribution in [0.2, 0.25) is 5.02 Å². The van der Waals surface area contributed by atoms with Crippen molar-refractivity contribution in [3.05, 3.63) is 40.5 Å². The molecule has 4 nitrogen and oxygen atoms in total. The second-order valence-corrected chi connectivity index (χ2v) is 7.07. The minimum Gasteiger partial charge on any atom is -0.312 e. The Balaban J connectivity index is 1.78. The molecule has 1 saturated heterocycles. The lowest BCUT2D eigenvalue weighted by Crippen LogP contribution is -2.33. The summed E-state index contributed by atoms with van der Waals surface area (Å²) in [6, 6.07) is 8.57. The molecule has 2 aromatic rings. The second-order valence-electron chi connectivity index (χ2n) is 6.66. The number of hydrogen-bond donors (Lipinski definition) is 1. The van der Waals surface area contributed by atoms with Gasteiger partial charge in [0, 0.05) is 36.3 Å². The van der Waals surface area contributed by atoms with Crippen molar-refractivity contribution in [2.24, 2.45) is 0 Å². The van der Waals surface area contributed by atoms with Gasteiger partial charge in [-0.05, 0) is 39.0 Å². The van der Waals surface area contributed by atoms with E-state index in [2.05, 4.69) is 28.0 Å². The Hall–Kier alpha value is -1.36. The van der Waals surface area contributed by atoms with Crippen LogP contribution in [0.5, 0.6) is 0 Å². The zero-order valence-corrected chi connectivity index (χ0v) is 14.3. The summed E-state index contributed by atoms with van der Waals surface area (Å²) in [4.78, 5) is 2.41. The third kappa shape index (κ3) is 2.80. The number of likely N-dealkylation sites (tertiary alicyclic amines) is 1. The molecule has 0 radical (unpaired) electrons. The van der Waals surface area contributed by atoms with Crippen molar-refractivity contribution < 1.29 is 0 Å². The largest absolute Gasteiger partial charge is 0.312 e. The van der Waals surface area contributed by atoms with Crippen LogP contribution in [0.4, 0.5) is 0 Å². The average molecular weight is 331 g/mol. The van der Waals surface area contributed by atoms with Crippen molar-refractivity contribution in [3.8, 4) is 11.3 Å². The van der Waals surface area contributed by atoms with Crippen molar-refractivity contribution in [2.45, 2.75) is 31.8 Å². The summed E-state index contributed by atoms with van der Waals surface area (Å²) in [7, 11) is 2.20. The van der Waals surface area contributed by atoms with E-state index in [4.69, 9.17) is 16.7 Å². The molecule has 1 aromatic heterocycles. The Bertz CT molecular complexity index is 701. The Morgan fingerprint density at radius 3 is 2.78 bits per heavy atom. The minimum atomic E-state index is 0.522. The molecule has 3 heterocycles. The van der Waals surface area contributed by atoms with Crippen LogP contribution in [0.15, 0.2) is 24.3 Å². The van der Waals surface area contributed by atoms with Crippen LogP contribution in [0, 0.1) is 0 Å². The number of fused-ring (bicyclic) bond motifs is 1. The van der Waals surface area contributed by atoms with Gasteiger partial charge in [0.15, 0.2) is 0 Å². The summed E-state index contributed by atoms with van der Waals surface area (Å²) < 4.78 is 2.32. The smallest absolute Gasteiger partial charge is 0.0986 e. The first-order valence-corrected chi connectivity index (χ1v) is 8.86. The molecular formula is C18H23ClN4. The molecule has 0 unspecified atom stereocenters. The fourth-order valence-corrected chi connectivity index (χ4v) is 4.01. The van der Waals surface area contributed by atoms with Crippen molar-refractivity contribution in [1.82, 2.24) is 20.0 Å². The molecule has 4 rings (SSSR count). The first-order valence-electron chi connectivity index (χ1n) is 8.48. The van der Waals surface area contributed by atoms with Gasteiger partial charge >= 0.3 is 0 Å². The maximum absolute atomic E-state index is 6.44. The summed E-state index contributed by atoms with van der Waals surface area (Å²) >= 11 is 6.44. The lowest BCUT2D eigenvalue weighted by atomic mass is 10.0. The number of nitrogens with one attached hydrogen (secondary N) is 1. The average Bonchev–Trinajstić information content (AvgIpc) is 2.96. The Morgan fingerprint density at radius 1 is 1.22 bits per heavy atom. The summed E-state index contributed by atoms with van der Waals surface area (Å²) in [5.41, 5.74) is 4.87. The summed E-state index contributed by atoms with van der Waals surface area (Å²) in [6.45, 7) is 4.23. The van der Waals surface area contributed by atoms with Gasteiger partial charge in [0.05, 0.1) is 16.8 Å². The van der Waals surface area contributed by atoms with Gasteiger partial charge in [0.1, 0.15) is 0 Å². The summed E-state index contributed by atoms with van der Waals surface area (Å²) in [5.74, 6) is 0. The van der Waals surface area contributed by atoms with E-state index < -0.39 is 0 Å². The van der Waals surface area contributed by atoms with Gasteiger partial charge in [0.2, 0.25) is 0 Å². The van der Waals surface area contributed by atoms with Gasteiger partial charge in [-0.25, -0.2) is 0 Å². The van der Waals surface area contributed by atoms with Gasteiger partial charge in [-0.15, -0.1) is 0 Å². The second kappa shape index (κ2) is 6.27. The highest BCUT2D eigenvalue weighted by molar-refractivity contribution is 6.33. The van der Waals surface area contributed by atoms with E-state index in [1.807, 2.05) is 18.2 Å². The quantitative estimate of drug-likeness (QED) is 0.918. The molecule has 0 saturated carbocycles.